The molecule has 3 aliphatic rings. The summed E-state index contributed by atoms with van der Waals surface area (Å²) in [5, 5.41) is 2.25. The van der Waals surface area contributed by atoms with Crippen LogP contribution in [0.3, 0.4) is 0 Å². The minimum absolute atomic E-state index is 0.120. The molecule has 7 rings (SSSR count). The van der Waals surface area contributed by atoms with E-state index >= 15 is 4.39 Å². The van der Waals surface area contributed by atoms with E-state index in [0.717, 1.165) is 62.5 Å². The molecular formula is C32H31F2N5O. The molecule has 0 aliphatic carbocycles. The summed E-state index contributed by atoms with van der Waals surface area (Å²) in [6.45, 7) is 3.24. The summed E-state index contributed by atoms with van der Waals surface area (Å²) in [4.78, 5) is 18.4. The van der Waals surface area contributed by atoms with Gasteiger partial charge in [-0.15, -0.1) is 6.42 Å². The van der Waals surface area contributed by atoms with Crippen LogP contribution in [0.15, 0.2) is 42.6 Å². The van der Waals surface area contributed by atoms with E-state index in [9.17, 15) is 4.39 Å². The van der Waals surface area contributed by atoms with Crippen LogP contribution >= 0.6 is 0 Å². The zero-order valence-corrected chi connectivity index (χ0v) is 22.4. The van der Waals surface area contributed by atoms with E-state index in [1.807, 2.05) is 36.4 Å². The highest BCUT2D eigenvalue weighted by Gasteiger charge is 2.49. The van der Waals surface area contributed by atoms with E-state index in [1.165, 1.54) is 0 Å². The van der Waals surface area contributed by atoms with Crippen molar-refractivity contribution in [1.82, 2.24) is 19.9 Å². The first-order valence-corrected chi connectivity index (χ1v) is 14.2. The Bertz CT molecular complexity index is 1640. The van der Waals surface area contributed by atoms with Crippen LogP contribution in [0.1, 0.15) is 44.1 Å². The monoisotopic (exact) mass is 539 g/mol. The number of alkyl halides is 1. The van der Waals surface area contributed by atoms with Gasteiger partial charge in [-0.25, -0.2) is 8.78 Å². The number of terminal acetylenes is 1. The molecular weight excluding hydrogens is 508 g/mol. The van der Waals surface area contributed by atoms with Gasteiger partial charge in [0.15, 0.2) is 5.82 Å². The average Bonchev–Trinajstić information content (AvgIpc) is 3.51. The molecule has 3 saturated heterocycles. The Balaban J connectivity index is 1.35. The molecule has 0 unspecified atom stereocenters. The fourth-order valence-corrected chi connectivity index (χ4v) is 6.93. The molecule has 8 heteroatoms. The number of hydrogen-bond donors (Lipinski definition) is 0. The molecule has 2 aromatic carbocycles. The van der Waals surface area contributed by atoms with Gasteiger partial charge in [-0.3, -0.25) is 9.88 Å². The highest BCUT2D eigenvalue weighted by Crippen LogP contribution is 2.41. The molecule has 2 atom stereocenters. The van der Waals surface area contributed by atoms with E-state index in [1.54, 1.807) is 6.20 Å². The summed E-state index contributed by atoms with van der Waals surface area (Å²) >= 11 is 0. The number of ether oxygens (including phenoxy) is 1. The molecule has 40 heavy (non-hydrogen) atoms. The standard InChI is InChI=1S/C32H31F2N5O/c1-2-21-9-6-10-22-11-7-12-24(26(21)22)28-27(34)29-25(18-35-28)30(38-14-4-3-5-15-38)37-31(36-29)40-20-32-13-8-16-39(32)19-23(33)17-32/h1,6-7,9-12,18,23H,3-5,8,13-17,19-20H2/t23-,32+/m1/s1. The minimum atomic E-state index is -0.856. The third-order valence-electron chi connectivity index (χ3n) is 8.85. The molecule has 5 heterocycles. The minimum Gasteiger partial charge on any atom is -0.461 e. The molecule has 3 aliphatic heterocycles. The van der Waals surface area contributed by atoms with Gasteiger partial charge in [0.1, 0.15) is 29.8 Å². The van der Waals surface area contributed by atoms with Gasteiger partial charge in [0.2, 0.25) is 0 Å². The second-order valence-electron chi connectivity index (χ2n) is 11.3. The number of halogens is 2. The topological polar surface area (TPSA) is 54.4 Å². The number of aromatic nitrogens is 3. The second-order valence-corrected chi connectivity index (χ2v) is 11.3. The third kappa shape index (κ3) is 4.15. The van der Waals surface area contributed by atoms with Crippen molar-refractivity contribution in [3.05, 3.63) is 54.0 Å². The third-order valence-corrected chi connectivity index (χ3v) is 8.85. The van der Waals surface area contributed by atoms with E-state index in [2.05, 4.69) is 25.7 Å². The molecule has 0 N–H and O–H groups in total. The smallest absolute Gasteiger partial charge is 0.319 e. The summed E-state index contributed by atoms with van der Waals surface area (Å²) in [6, 6.07) is 11.5. The maximum atomic E-state index is 16.5. The Morgan fingerprint density at radius 2 is 1.88 bits per heavy atom. The normalized spacial score (nSPS) is 23.0. The lowest BCUT2D eigenvalue weighted by Crippen LogP contribution is -2.43. The van der Waals surface area contributed by atoms with Gasteiger partial charge in [0.25, 0.3) is 0 Å². The van der Waals surface area contributed by atoms with Crippen molar-refractivity contribution in [2.45, 2.75) is 50.2 Å². The van der Waals surface area contributed by atoms with Crippen molar-refractivity contribution >= 4 is 27.5 Å². The van der Waals surface area contributed by atoms with Crippen molar-refractivity contribution in [3.63, 3.8) is 0 Å². The van der Waals surface area contributed by atoms with Crippen molar-refractivity contribution in [1.29, 1.82) is 0 Å². The highest BCUT2D eigenvalue weighted by molar-refractivity contribution is 6.01. The van der Waals surface area contributed by atoms with Gasteiger partial charge in [-0.1, -0.05) is 36.3 Å². The molecule has 3 fully saturated rings. The van der Waals surface area contributed by atoms with Crippen LogP contribution in [-0.2, 0) is 0 Å². The Morgan fingerprint density at radius 3 is 2.70 bits per heavy atom. The number of fused-ring (bicyclic) bond motifs is 3. The van der Waals surface area contributed by atoms with Gasteiger partial charge in [-0.2, -0.15) is 9.97 Å². The summed E-state index contributed by atoms with van der Waals surface area (Å²) < 4.78 is 37.1. The lowest BCUT2D eigenvalue weighted by molar-refractivity contribution is 0.107. The van der Waals surface area contributed by atoms with Crippen LogP contribution in [0.4, 0.5) is 14.6 Å². The van der Waals surface area contributed by atoms with Gasteiger partial charge in [0.05, 0.1) is 10.9 Å². The van der Waals surface area contributed by atoms with Crippen molar-refractivity contribution in [3.8, 4) is 29.6 Å². The van der Waals surface area contributed by atoms with Crippen molar-refractivity contribution < 1.29 is 13.5 Å². The van der Waals surface area contributed by atoms with Gasteiger partial charge in [-0.05, 0) is 50.1 Å². The summed E-state index contributed by atoms with van der Waals surface area (Å²) in [5.41, 5.74) is 1.30. The maximum Gasteiger partial charge on any atom is 0.319 e. The van der Waals surface area contributed by atoms with Gasteiger partial charge < -0.3 is 9.64 Å². The van der Waals surface area contributed by atoms with E-state index < -0.39 is 12.0 Å². The number of nitrogens with zero attached hydrogens (tertiary/aromatic N) is 5. The van der Waals surface area contributed by atoms with Crippen molar-refractivity contribution in [2.24, 2.45) is 0 Å². The summed E-state index contributed by atoms with van der Waals surface area (Å²) in [6.07, 6.45) is 12.2. The molecule has 4 aromatic rings. The van der Waals surface area contributed by atoms with Crippen LogP contribution < -0.4 is 9.64 Å². The largest absolute Gasteiger partial charge is 0.461 e. The molecule has 0 bridgehead atoms. The van der Waals surface area contributed by atoms with Gasteiger partial charge in [0, 0.05) is 48.8 Å². The second kappa shape index (κ2) is 9.97. The maximum absolute atomic E-state index is 16.5. The number of hydrogen-bond acceptors (Lipinski definition) is 6. The van der Waals surface area contributed by atoms with Crippen LogP contribution in [0.5, 0.6) is 6.01 Å². The zero-order chi connectivity index (χ0) is 27.3. The molecule has 0 spiro atoms. The zero-order valence-electron chi connectivity index (χ0n) is 22.4. The molecule has 0 amide bonds. The van der Waals surface area contributed by atoms with E-state index in [0.29, 0.717) is 35.3 Å². The Kier molecular flexibility index (Phi) is 6.27. The lowest BCUT2D eigenvalue weighted by Gasteiger charge is -2.31. The number of benzene rings is 2. The Labute approximate surface area is 232 Å². The predicted molar refractivity (Wildman–Crippen MR) is 153 cm³/mol. The molecule has 0 radical (unpaired) electrons. The first-order valence-electron chi connectivity index (χ1n) is 14.2. The van der Waals surface area contributed by atoms with Crippen LogP contribution in [0.2, 0.25) is 0 Å². The van der Waals surface area contributed by atoms with E-state index in [4.69, 9.17) is 16.1 Å². The predicted octanol–water partition coefficient (Wildman–Crippen LogP) is 5.91. The number of anilines is 1. The van der Waals surface area contributed by atoms with Crippen LogP contribution in [0.25, 0.3) is 32.9 Å². The molecule has 0 saturated carbocycles. The molecule has 6 nitrogen and oxygen atoms in total. The quantitative estimate of drug-likeness (QED) is 0.294. The van der Waals surface area contributed by atoms with Crippen molar-refractivity contribution in [2.75, 3.05) is 37.7 Å². The summed E-state index contributed by atoms with van der Waals surface area (Å²) in [7, 11) is 0. The fourth-order valence-electron chi connectivity index (χ4n) is 6.93. The summed E-state index contributed by atoms with van der Waals surface area (Å²) in [5.74, 6) is 2.83. The molecule has 204 valence electrons. The fraction of sp³-hybridized carbons (Fsp3) is 0.406. The van der Waals surface area contributed by atoms with E-state index in [-0.39, 0.29) is 29.4 Å². The first-order chi connectivity index (χ1) is 19.6. The SMILES string of the molecule is C#Cc1cccc2cccc(-c3ncc4c(N5CCCCC5)nc(OC[C@@]56CCCN5C[C@H](F)C6)nc4c3F)c12. The highest BCUT2D eigenvalue weighted by atomic mass is 19.1. The Morgan fingerprint density at radius 1 is 1.05 bits per heavy atom. The first kappa shape index (κ1) is 25.2. The number of rotatable bonds is 5. The number of pyridine rings is 1. The lowest BCUT2D eigenvalue weighted by atomic mass is 9.95. The van der Waals surface area contributed by atoms with Crippen LogP contribution in [0, 0.1) is 18.2 Å². The average molecular weight is 540 g/mol. The van der Waals surface area contributed by atoms with Crippen LogP contribution in [-0.4, -0.2) is 64.3 Å². The number of piperidine rings is 1. The Hall–Kier alpha value is -3.83. The van der Waals surface area contributed by atoms with Gasteiger partial charge >= 0.3 is 6.01 Å². The molecule has 2 aromatic heterocycles.